The number of rotatable bonds is 3. The Hall–Kier alpha value is -0.540. The van der Waals surface area contributed by atoms with Gasteiger partial charge >= 0.3 is 0 Å². The van der Waals surface area contributed by atoms with Crippen LogP contribution in [-0.4, -0.2) is 24.7 Å². The van der Waals surface area contributed by atoms with Gasteiger partial charge in [-0.25, -0.2) is 0 Å². The van der Waals surface area contributed by atoms with Gasteiger partial charge in [-0.2, -0.15) is 0 Å². The minimum absolute atomic E-state index is 0.235. The van der Waals surface area contributed by atoms with E-state index in [2.05, 4.69) is 71.2 Å². The summed E-state index contributed by atoms with van der Waals surface area (Å²) in [6.45, 7) is 9.02. The van der Waals surface area contributed by atoms with Crippen LogP contribution in [0.3, 0.4) is 0 Å². The van der Waals surface area contributed by atoms with E-state index in [1.54, 1.807) is 0 Å². The molecule has 0 amide bonds. The number of piperazine rings is 1. The lowest BCUT2D eigenvalue weighted by Crippen LogP contribution is -2.62. The lowest BCUT2D eigenvalue weighted by Gasteiger charge is -2.47. The molecule has 1 aromatic carbocycles. The molecule has 0 aliphatic carbocycles. The zero-order chi connectivity index (χ0) is 13.2. The molecular weight excluding hydrogens is 288 g/mol. The van der Waals surface area contributed by atoms with Gasteiger partial charge in [-0.1, -0.05) is 29.8 Å². The van der Waals surface area contributed by atoms with E-state index in [1.165, 1.54) is 12.1 Å². The Morgan fingerprint density at radius 3 is 2.56 bits per heavy atom. The van der Waals surface area contributed by atoms with E-state index in [9.17, 15) is 0 Å². The van der Waals surface area contributed by atoms with Gasteiger partial charge in [0.1, 0.15) is 0 Å². The summed E-state index contributed by atoms with van der Waals surface area (Å²) in [4.78, 5) is 2.56. The van der Waals surface area contributed by atoms with Gasteiger partial charge in [0, 0.05) is 34.8 Å². The lowest BCUT2D eigenvalue weighted by atomic mass is 9.92. The zero-order valence-electron chi connectivity index (χ0n) is 11.5. The molecule has 1 saturated heterocycles. The largest absolute Gasteiger partial charge is 0.365 e. The summed E-state index contributed by atoms with van der Waals surface area (Å²) in [5.74, 6) is 0. The molecule has 2 atom stereocenters. The average Bonchev–Trinajstić information content (AvgIpc) is 2.40. The molecule has 0 bridgehead atoms. The van der Waals surface area contributed by atoms with E-state index < -0.39 is 0 Å². The maximum absolute atomic E-state index is 3.71. The molecular formula is C15H23BrN2. The van der Waals surface area contributed by atoms with Crippen molar-refractivity contribution in [3.8, 4) is 0 Å². The predicted molar refractivity (Wildman–Crippen MR) is 82.3 cm³/mol. The number of nitrogens with one attached hydrogen (secondary N) is 1. The smallest absolute Gasteiger partial charge is 0.0412 e. The van der Waals surface area contributed by atoms with Crippen molar-refractivity contribution in [1.29, 1.82) is 0 Å². The molecule has 1 heterocycles. The van der Waals surface area contributed by atoms with Gasteiger partial charge < -0.3 is 10.2 Å². The number of hydrogen-bond donors (Lipinski definition) is 1. The van der Waals surface area contributed by atoms with Gasteiger partial charge in [-0.15, -0.1) is 0 Å². The van der Waals surface area contributed by atoms with E-state index in [0.717, 1.165) is 24.0 Å². The second-order valence-electron chi connectivity index (χ2n) is 5.46. The molecule has 1 N–H and O–H groups in total. The Balaban J connectivity index is 2.23. The first kappa shape index (κ1) is 13.9. The van der Waals surface area contributed by atoms with Crippen LogP contribution in [0.5, 0.6) is 0 Å². The molecule has 1 aromatic rings. The van der Waals surface area contributed by atoms with Gasteiger partial charge in [0.25, 0.3) is 0 Å². The standard InChI is InChI=1S/C15H23BrN2/c1-4-13-10-17-15(3,5-2)11-18(13)14-8-6-12(16)7-9-14/h6-9,13,17H,4-5,10-11H2,1-3H3. The first-order valence-corrected chi connectivity index (χ1v) is 7.64. The molecule has 2 nitrogen and oxygen atoms in total. The Labute approximate surface area is 119 Å². The van der Waals surface area contributed by atoms with Crippen LogP contribution in [0.4, 0.5) is 5.69 Å². The third-order valence-electron chi connectivity index (χ3n) is 4.13. The first-order chi connectivity index (χ1) is 8.58. The van der Waals surface area contributed by atoms with Crippen LogP contribution in [0, 0.1) is 0 Å². The second kappa shape index (κ2) is 5.62. The Kier molecular flexibility index (Phi) is 4.33. The minimum Gasteiger partial charge on any atom is -0.365 e. The highest BCUT2D eigenvalue weighted by molar-refractivity contribution is 9.10. The predicted octanol–water partition coefficient (Wildman–Crippen LogP) is 3.81. The first-order valence-electron chi connectivity index (χ1n) is 6.85. The van der Waals surface area contributed by atoms with E-state index in [0.29, 0.717) is 6.04 Å². The fourth-order valence-electron chi connectivity index (χ4n) is 2.57. The monoisotopic (exact) mass is 310 g/mol. The van der Waals surface area contributed by atoms with Crippen LogP contribution < -0.4 is 10.2 Å². The highest BCUT2D eigenvalue weighted by Crippen LogP contribution is 2.27. The molecule has 1 aliphatic rings. The van der Waals surface area contributed by atoms with Crippen LogP contribution in [0.2, 0.25) is 0 Å². The molecule has 3 heteroatoms. The van der Waals surface area contributed by atoms with Crippen molar-refractivity contribution in [2.75, 3.05) is 18.0 Å². The van der Waals surface area contributed by atoms with Crippen LogP contribution in [0.15, 0.2) is 28.7 Å². The van der Waals surface area contributed by atoms with Crippen LogP contribution in [-0.2, 0) is 0 Å². The molecule has 0 saturated carbocycles. The Morgan fingerprint density at radius 1 is 1.33 bits per heavy atom. The molecule has 100 valence electrons. The molecule has 0 spiro atoms. The molecule has 0 aromatic heterocycles. The number of anilines is 1. The summed E-state index contributed by atoms with van der Waals surface area (Å²) in [5.41, 5.74) is 1.57. The molecule has 1 fully saturated rings. The van der Waals surface area contributed by atoms with E-state index >= 15 is 0 Å². The summed E-state index contributed by atoms with van der Waals surface area (Å²) < 4.78 is 1.15. The quantitative estimate of drug-likeness (QED) is 0.913. The topological polar surface area (TPSA) is 15.3 Å². The maximum atomic E-state index is 3.71. The Bertz CT molecular complexity index is 390. The Morgan fingerprint density at radius 2 is 2.00 bits per heavy atom. The van der Waals surface area contributed by atoms with Crippen molar-refractivity contribution in [1.82, 2.24) is 5.32 Å². The lowest BCUT2D eigenvalue weighted by molar-refractivity contribution is 0.276. The summed E-state index contributed by atoms with van der Waals surface area (Å²) in [5, 5.41) is 3.71. The fraction of sp³-hybridized carbons (Fsp3) is 0.600. The van der Waals surface area contributed by atoms with Crippen LogP contribution in [0.25, 0.3) is 0 Å². The third-order valence-corrected chi connectivity index (χ3v) is 4.66. The van der Waals surface area contributed by atoms with Crippen molar-refractivity contribution in [2.24, 2.45) is 0 Å². The average molecular weight is 311 g/mol. The van der Waals surface area contributed by atoms with Crippen molar-refractivity contribution >= 4 is 21.6 Å². The van der Waals surface area contributed by atoms with Crippen molar-refractivity contribution in [2.45, 2.75) is 45.2 Å². The van der Waals surface area contributed by atoms with Crippen molar-refractivity contribution in [3.05, 3.63) is 28.7 Å². The van der Waals surface area contributed by atoms with Crippen LogP contribution in [0.1, 0.15) is 33.6 Å². The van der Waals surface area contributed by atoms with Crippen LogP contribution >= 0.6 is 15.9 Å². The fourth-order valence-corrected chi connectivity index (χ4v) is 2.84. The highest BCUT2D eigenvalue weighted by Gasteiger charge is 2.33. The van der Waals surface area contributed by atoms with Gasteiger partial charge in [0.2, 0.25) is 0 Å². The molecule has 18 heavy (non-hydrogen) atoms. The highest BCUT2D eigenvalue weighted by atomic mass is 79.9. The number of nitrogens with zero attached hydrogens (tertiary/aromatic N) is 1. The second-order valence-corrected chi connectivity index (χ2v) is 6.38. The van der Waals surface area contributed by atoms with Gasteiger partial charge in [-0.05, 0) is 44.0 Å². The van der Waals surface area contributed by atoms with E-state index in [1.807, 2.05) is 0 Å². The van der Waals surface area contributed by atoms with Gasteiger partial charge in [-0.3, -0.25) is 0 Å². The number of benzene rings is 1. The molecule has 2 rings (SSSR count). The summed E-state index contributed by atoms with van der Waals surface area (Å²) >= 11 is 3.51. The SMILES string of the molecule is CCC1CNC(C)(CC)CN1c1ccc(Br)cc1. The minimum atomic E-state index is 0.235. The van der Waals surface area contributed by atoms with E-state index in [4.69, 9.17) is 0 Å². The molecule has 0 radical (unpaired) electrons. The molecule has 2 unspecified atom stereocenters. The normalized spacial score (nSPS) is 28.4. The number of halogens is 1. The van der Waals surface area contributed by atoms with Gasteiger partial charge in [0.05, 0.1) is 0 Å². The number of hydrogen-bond acceptors (Lipinski definition) is 2. The summed E-state index contributed by atoms with van der Waals surface area (Å²) in [6, 6.07) is 9.30. The maximum Gasteiger partial charge on any atom is 0.0412 e. The van der Waals surface area contributed by atoms with Crippen molar-refractivity contribution < 1.29 is 0 Å². The van der Waals surface area contributed by atoms with E-state index in [-0.39, 0.29) is 5.54 Å². The summed E-state index contributed by atoms with van der Waals surface area (Å²) in [6.07, 6.45) is 2.35. The zero-order valence-corrected chi connectivity index (χ0v) is 13.1. The summed E-state index contributed by atoms with van der Waals surface area (Å²) in [7, 11) is 0. The third kappa shape index (κ3) is 2.89. The molecule has 1 aliphatic heterocycles. The van der Waals surface area contributed by atoms with Gasteiger partial charge in [0.15, 0.2) is 0 Å². The van der Waals surface area contributed by atoms with Crippen molar-refractivity contribution in [3.63, 3.8) is 0 Å².